The van der Waals surface area contributed by atoms with Gasteiger partial charge in [0, 0.05) is 0 Å². The van der Waals surface area contributed by atoms with Crippen LogP contribution in [0.3, 0.4) is 0 Å². The smallest absolute Gasteiger partial charge is 0.170 e. The molecule has 9 heavy (non-hydrogen) atoms. The van der Waals surface area contributed by atoms with Gasteiger partial charge in [0.15, 0.2) is 4.34 Å². The first-order valence-corrected chi connectivity index (χ1v) is 3.96. The van der Waals surface area contributed by atoms with E-state index in [1.54, 1.807) is 0 Å². The number of hydrogen-bond donors (Lipinski definition) is 0. The number of nitrogens with zero attached hydrogens (tertiary/aromatic N) is 3. The molecule has 0 radical (unpaired) electrons. The minimum absolute atomic E-state index is 0.454. The van der Waals surface area contributed by atoms with Crippen LogP contribution in [-0.4, -0.2) is 15.1 Å². The summed E-state index contributed by atoms with van der Waals surface area (Å²) in [6.07, 6.45) is 1.49. The Morgan fingerprint density at radius 1 is 1.89 bits per heavy atom. The van der Waals surface area contributed by atoms with Crippen LogP contribution in [0.1, 0.15) is 0 Å². The normalized spacial score (nSPS) is 8.78. The summed E-state index contributed by atoms with van der Waals surface area (Å²) in [5.74, 6) is 0.454. The van der Waals surface area contributed by atoms with Crippen molar-refractivity contribution >= 4 is 23.3 Å². The molecule has 0 unspecified atom stereocenters. The maximum absolute atomic E-state index is 8.15. The zero-order chi connectivity index (χ0) is 6.53. The van der Waals surface area contributed by atoms with Crippen LogP contribution >= 0.6 is 23.3 Å². The van der Waals surface area contributed by atoms with Crippen LogP contribution < -0.4 is 0 Å². The van der Waals surface area contributed by atoms with Gasteiger partial charge in [-0.2, -0.15) is 9.64 Å². The minimum atomic E-state index is 0.454. The number of aromatic nitrogens is 2. The first-order chi connectivity index (χ1) is 4.43. The molecule has 0 bridgehead atoms. The second kappa shape index (κ2) is 3.43. The quantitative estimate of drug-likeness (QED) is 0.604. The molecule has 0 spiro atoms. The number of hydrogen-bond acceptors (Lipinski definition) is 5. The predicted molar refractivity (Wildman–Crippen MR) is 36.2 cm³/mol. The average molecular weight is 157 g/mol. The van der Waals surface area contributed by atoms with E-state index in [1.165, 1.54) is 29.6 Å². The Kier molecular flexibility index (Phi) is 2.48. The molecule has 0 saturated heterocycles. The standard InChI is InChI=1S/C4H3N3S2/c5-1-2-8-4-6-3-7-9-4/h3H,2H2. The fourth-order valence-corrected chi connectivity index (χ4v) is 1.43. The van der Waals surface area contributed by atoms with Gasteiger partial charge in [-0.3, -0.25) is 0 Å². The summed E-state index contributed by atoms with van der Waals surface area (Å²) >= 11 is 2.72. The van der Waals surface area contributed by atoms with Crippen molar-refractivity contribution in [1.82, 2.24) is 9.36 Å². The minimum Gasteiger partial charge on any atom is -0.216 e. The molecule has 3 nitrogen and oxygen atoms in total. The van der Waals surface area contributed by atoms with E-state index >= 15 is 0 Å². The Labute approximate surface area is 60.9 Å². The monoisotopic (exact) mass is 157 g/mol. The summed E-state index contributed by atoms with van der Waals surface area (Å²) in [6, 6.07) is 2.01. The van der Waals surface area contributed by atoms with Crippen molar-refractivity contribution in [3.63, 3.8) is 0 Å². The maximum atomic E-state index is 8.15. The molecule has 0 N–H and O–H groups in total. The Balaban J connectivity index is 2.41. The molecule has 0 fully saturated rings. The summed E-state index contributed by atoms with van der Waals surface area (Å²) in [6.45, 7) is 0. The Bertz CT molecular complexity index is 200. The van der Waals surface area contributed by atoms with Crippen molar-refractivity contribution in [2.45, 2.75) is 4.34 Å². The molecule has 1 aromatic heterocycles. The summed E-state index contributed by atoms with van der Waals surface area (Å²) in [7, 11) is 0. The van der Waals surface area contributed by atoms with Crippen molar-refractivity contribution in [2.24, 2.45) is 0 Å². The summed E-state index contributed by atoms with van der Waals surface area (Å²) in [4.78, 5) is 3.87. The molecule has 1 rings (SSSR count). The van der Waals surface area contributed by atoms with Gasteiger partial charge < -0.3 is 0 Å². The number of nitriles is 1. The van der Waals surface area contributed by atoms with Gasteiger partial charge in [0.05, 0.1) is 11.8 Å². The van der Waals surface area contributed by atoms with E-state index in [0.29, 0.717) is 5.75 Å². The van der Waals surface area contributed by atoms with Gasteiger partial charge in [-0.1, -0.05) is 11.8 Å². The second-order valence-electron chi connectivity index (χ2n) is 1.15. The third kappa shape index (κ3) is 2.00. The van der Waals surface area contributed by atoms with Crippen LogP contribution in [0.4, 0.5) is 0 Å². The van der Waals surface area contributed by atoms with Crippen LogP contribution in [0.25, 0.3) is 0 Å². The van der Waals surface area contributed by atoms with Gasteiger partial charge >= 0.3 is 0 Å². The molecule has 0 aliphatic heterocycles. The van der Waals surface area contributed by atoms with Crippen LogP contribution in [0.5, 0.6) is 0 Å². The van der Waals surface area contributed by atoms with Crippen molar-refractivity contribution in [1.29, 1.82) is 5.26 Å². The van der Waals surface area contributed by atoms with E-state index in [1.807, 2.05) is 6.07 Å². The molecular formula is C4H3N3S2. The van der Waals surface area contributed by atoms with Crippen LogP contribution in [0.2, 0.25) is 0 Å². The van der Waals surface area contributed by atoms with E-state index in [0.717, 1.165) is 4.34 Å². The van der Waals surface area contributed by atoms with E-state index in [9.17, 15) is 0 Å². The van der Waals surface area contributed by atoms with Crippen molar-refractivity contribution < 1.29 is 0 Å². The second-order valence-corrected chi connectivity index (χ2v) is 3.16. The van der Waals surface area contributed by atoms with Gasteiger partial charge in [-0.05, 0) is 11.5 Å². The molecule has 0 atom stereocenters. The van der Waals surface area contributed by atoms with Crippen LogP contribution in [0, 0.1) is 11.3 Å². The van der Waals surface area contributed by atoms with Gasteiger partial charge in [0.1, 0.15) is 6.33 Å². The number of rotatable bonds is 2. The van der Waals surface area contributed by atoms with E-state index in [-0.39, 0.29) is 0 Å². The molecule has 46 valence electrons. The lowest BCUT2D eigenvalue weighted by molar-refractivity contribution is 1.22. The van der Waals surface area contributed by atoms with Crippen molar-refractivity contribution in [2.75, 3.05) is 5.75 Å². The Morgan fingerprint density at radius 2 is 2.78 bits per heavy atom. The highest BCUT2D eigenvalue weighted by molar-refractivity contribution is 8.01. The van der Waals surface area contributed by atoms with Gasteiger partial charge in [-0.25, -0.2) is 4.98 Å². The highest BCUT2D eigenvalue weighted by Gasteiger charge is 1.93. The van der Waals surface area contributed by atoms with Gasteiger partial charge in [0.2, 0.25) is 0 Å². The SMILES string of the molecule is N#CCSc1ncns1. The molecular weight excluding hydrogens is 154 g/mol. The zero-order valence-electron chi connectivity index (χ0n) is 4.44. The van der Waals surface area contributed by atoms with E-state index in [4.69, 9.17) is 5.26 Å². The lowest BCUT2D eigenvalue weighted by Crippen LogP contribution is -1.68. The van der Waals surface area contributed by atoms with Crippen LogP contribution in [0.15, 0.2) is 10.7 Å². The predicted octanol–water partition coefficient (Wildman–Crippen LogP) is 1.15. The molecule has 5 heteroatoms. The highest BCUT2D eigenvalue weighted by Crippen LogP contribution is 2.16. The van der Waals surface area contributed by atoms with Gasteiger partial charge in [-0.15, -0.1) is 0 Å². The Morgan fingerprint density at radius 3 is 3.33 bits per heavy atom. The molecule has 0 aromatic carbocycles. The van der Waals surface area contributed by atoms with Crippen molar-refractivity contribution in [3.05, 3.63) is 6.33 Å². The molecule has 1 aromatic rings. The van der Waals surface area contributed by atoms with E-state index < -0.39 is 0 Å². The van der Waals surface area contributed by atoms with Gasteiger partial charge in [0.25, 0.3) is 0 Å². The summed E-state index contributed by atoms with van der Waals surface area (Å²) in [5, 5.41) is 8.15. The van der Waals surface area contributed by atoms with Crippen LogP contribution in [-0.2, 0) is 0 Å². The third-order valence-corrected chi connectivity index (χ3v) is 2.27. The molecule has 0 saturated carbocycles. The lowest BCUT2D eigenvalue weighted by Gasteiger charge is -1.81. The third-order valence-electron chi connectivity index (χ3n) is 0.601. The largest absolute Gasteiger partial charge is 0.216 e. The fraction of sp³-hybridized carbons (Fsp3) is 0.250. The average Bonchev–Trinajstić information content (AvgIpc) is 2.34. The molecule has 0 amide bonds. The summed E-state index contributed by atoms with van der Waals surface area (Å²) in [5.41, 5.74) is 0. The molecule has 0 aliphatic carbocycles. The summed E-state index contributed by atoms with van der Waals surface area (Å²) < 4.78 is 4.63. The highest BCUT2D eigenvalue weighted by atomic mass is 32.2. The maximum Gasteiger partial charge on any atom is 0.170 e. The zero-order valence-corrected chi connectivity index (χ0v) is 6.08. The lowest BCUT2D eigenvalue weighted by atomic mass is 10.9. The molecule has 1 heterocycles. The topological polar surface area (TPSA) is 49.6 Å². The Hall–Kier alpha value is -0.600. The fourth-order valence-electron chi connectivity index (χ4n) is 0.321. The first-order valence-electron chi connectivity index (χ1n) is 2.20. The van der Waals surface area contributed by atoms with Crippen molar-refractivity contribution in [3.8, 4) is 6.07 Å². The first kappa shape index (κ1) is 6.52. The molecule has 0 aliphatic rings. The number of thioether (sulfide) groups is 1. The van der Waals surface area contributed by atoms with E-state index in [2.05, 4.69) is 9.36 Å².